The summed E-state index contributed by atoms with van der Waals surface area (Å²) in [5.41, 5.74) is 1.77. The lowest BCUT2D eigenvalue weighted by atomic mass is 10.1. The quantitative estimate of drug-likeness (QED) is 0.718. The molecule has 0 radical (unpaired) electrons. The van der Waals surface area contributed by atoms with Crippen LogP contribution in [0.4, 0.5) is 14.9 Å². The van der Waals surface area contributed by atoms with E-state index in [2.05, 4.69) is 4.90 Å². The molecule has 0 bridgehead atoms. The number of aliphatic hydroxyl groups is 1. The van der Waals surface area contributed by atoms with Crippen LogP contribution in [0, 0.1) is 5.82 Å². The predicted octanol–water partition coefficient (Wildman–Crippen LogP) is 3.73. The second kappa shape index (κ2) is 8.19. The van der Waals surface area contributed by atoms with Gasteiger partial charge < -0.3 is 14.6 Å². The number of aliphatic hydroxyl groups excluding tert-OH is 1. The molecule has 2 aromatic rings. The Hall–Kier alpha value is -2.39. The van der Waals surface area contributed by atoms with Crippen molar-refractivity contribution in [2.24, 2.45) is 0 Å². The lowest BCUT2D eigenvalue weighted by Crippen LogP contribution is -2.39. The third-order valence-electron chi connectivity index (χ3n) is 6.11. The first-order valence-electron chi connectivity index (χ1n) is 10.2. The Bertz CT molecular complexity index is 1100. The van der Waals surface area contributed by atoms with Crippen molar-refractivity contribution < 1.29 is 28.6 Å². The highest BCUT2D eigenvalue weighted by Gasteiger charge is 2.42. The predicted molar refractivity (Wildman–Crippen MR) is 115 cm³/mol. The second-order valence-corrected chi connectivity index (χ2v) is 8.94. The minimum Gasteiger partial charge on any atom is -0.481 e. The van der Waals surface area contributed by atoms with Gasteiger partial charge in [0.05, 0.1) is 17.8 Å². The van der Waals surface area contributed by atoms with Crippen molar-refractivity contribution in [3.8, 4) is 5.75 Å². The molecule has 1 aliphatic carbocycles. The molecule has 2 fully saturated rings. The second-order valence-electron chi connectivity index (χ2n) is 8.10. The zero-order valence-corrected chi connectivity index (χ0v) is 18.3. The van der Waals surface area contributed by atoms with E-state index in [1.807, 2.05) is 0 Å². The Morgan fingerprint density at radius 2 is 2.00 bits per heavy atom. The van der Waals surface area contributed by atoms with E-state index < -0.39 is 30.0 Å². The van der Waals surface area contributed by atoms with Crippen molar-refractivity contribution in [1.29, 1.82) is 0 Å². The fraction of sp³-hybridized carbons (Fsp3) is 0.364. The molecule has 3 aliphatic rings. The fourth-order valence-corrected chi connectivity index (χ4v) is 5.20. The molecule has 5 rings (SSSR count). The summed E-state index contributed by atoms with van der Waals surface area (Å²) in [6.07, 6.45) is -0.678. The average molecular weight is 481 g/mol. The van der Waals surface area contributed by atoms with Crippen LogP contribution in [-0.4, -0.2) is 53.8 Å². The van der Waals surface area contributed by atoms with Crippen LogP contribution in [0.15, 0.2) is 30.3 Å². The van der Waals surface area contributed by atoms with Crippen LogP contribution >= 0.6 is 23.2 Å². The number of hydrogen-bond donors (Lipinski definition) is 1. The summed E-state index contributed by atoms with van der Waals surface area (Å²) in [5, 5.41) is 11.0. The van der Waals surface area contributed by atoms with Crippen molar-refractivity contribution in [3.63, 3.8) is 0 Å². The summed E-state index contributed by atoms with van der Waals surface area (Å²) in [6.45, 7) is 0.779. The maximum Gasteiger partial charge on any atom is 0.421 e. The van der Waals surface area contributed by atoms with Gasteiger partial charge in [0.1, 0.15) is 6.10 Å². The summed E-state index contributed by atoms with van der Waals surface area (Å²) in [4.78, 5) is 26.9. The molecule has 1 N–H and O–H groups in total. The molecule has 32 heavy (non-hydrogen) atoms. The largest absolute Gasteiger partial charge is 0.481 e. The summed E-state index contributed by atoms with van der Waals surface area (Å²) < 4.78 is 25.7. The van der Waals surface area contributed by atoms with Crippen LogP contribution < -0.4 is 9.64 Å². The van der Waals surface area contributed by atoms with Gasteiger partial charge in [-0.3, -0.25) is 9.69 Å². The molecule has 0 saturated carbocycles. The van der Waals surface area contributed by atoms with E-state index in [0.29, 0.717) is 36.0 Å². The maximum atomic E-state index is 14.8. The molecule has 0 unspecified atom stereocenters. The number of anilines is 1. The first kappa shape index (κ1) is 21.5. The Kier molecular flexibility index (Phi) is 5.49. The molecular formula is C22H19Cl2FN2O5. The number of imide groups is 1. The third kappa shape index (κ3) is 3.71. The molecule has 168 valence electrons. The van der Waals surface area contributed by atoms with Crippen molar-refractivity contribution in [3.05, 3.63) is 57.3 Å². The Morgan fingerprint density at radius 3 is 2.69 bits per heavy atom. The first-order valence-corrected chi connectivity index (χ1v) is 10.9. The van der Waals surface area contributed by atoms with Gasteiger partial charge in [0, 0.05) is 34.8 Å². The standard InChI is InChI=1S/C22H19Cl2FN2O5/c23-11-5-15-14(16(24)6-11)8-18(26-4-3-13(28)9-26)21(15)32-19-7-12(1-2-17(19)25)27-20(29)10-31-22(27)30/h1-2,5-7,13,18,21,28H,3-4,8-10H2/t13-,18+,21+/m1/s1. The fourth-order valence-electron chi connectivity index (χ4n) is 4.61. The monoisotopic (exact) mass is 480 g/mol. The average Bonchev–Trinajstić information content (AvgIpc) is 3.42. The highest BCUT2D eigenvalue weighted by molar-refractivity contribution is 6.35. The van der Waals surface area contributed by atoms with Gasteiger partial charge in [0.2, 0.25) is 0 Å². The topological polar surface area (TPSA) is 79.3 Å². The maximum absolute atomic E-state index is 14.8. The smallest absolute Gasteiger partial charge is 0.421 e. The van der Waals surface area contributed by atoms with Gasteiger partial charge in [-0.1, -0.05) is 23.2 Å². The van der Waals surface area contributed by atoms with Crippen LogP contribution in [0.2, 0.25) is 10.0 Å². The molecule has 3 atom stereocenters. The van der Waals surface area contributed by atoms with Gasteiger partial charge in [-0.2, -0.15) is 0 Å². The number of carbonyl (C=O) groups excluding carboxylic acids is 2. The number of benzene rings is 2. The van der Waals surface area contributed by atoms with E-state index in [1.165, 1.54) is 12.1 Å². The van der Waals surface area contributed by atoms with Crippen molar-refractivity contribution >= 4 is 40.9 Å². The number of amides is 2. The zero-order valence-electron chi connectivity index (χ0n) is 16.8. The lowest BCUT2D eigenvalue weighted by Gasteiger charge is -2.30. The molecule has 2 amide bonds. The number of carbonyl (C=O) groups is 2. The molecule has 2 saturated heterocycles. The van der Waals surface area contributed by atoms with Crippen LogP contribution in [-0.2, 0) is 16.0 Å². The van der Waals surface area contributed by atoms with Crippen LogP contribution in [0.25, 0.3) is 0 Å². The van der Waals surface area contributed by atoms with Gasteiger partial charge in [-0.05, 0) is 42.7 Å². The molecule has 2 heterocycles. The first-order chi connectivity index (χ1) is 15.3. The van der Waals surface area contributed by atoms with Gasteiger partial charge >= 0.3 is 6.09 Å². The van der Waals surface area contributed by atoms with Crippen LogP contribution in [0.1, 0.15) is 23.7 Å². The van der Waals surface area contributed by atoms with E-state index in [4.69, 9.17) is 32.7 Å². The molecular weight excluding hydrogens is 462 g/mol. The number of fused-ring (bicyclic) bond motifs is 1. The summed E-state index contributed by atoms with van der Waals surface area (Å²) in [7, 11) is 0. The number of β-amino-alcohol motifs (C(OH)–C–C–N with tert-alkyl or cyclic N) is 1. The number of likely N-dealkylation sites (tertiary alicyclic amines) is 1. The van der Waals surface area contributed by atoms with Gasteiger partial charge in [-0.25, -0.2) is 14.1 Å². The summed E-state index contributed by atoms with van der Waals surface area (Å²) in [5.74, 6) is -1.30. The number of hydrogen-bond acceptors (Lipinski definition) is 6. The van der Waals surface area contributed by atoms with E-state index in [-0.39, 0.29) is 24.1 Å². The molecule has 7 nitrogen and oxygen atoms in total. The van der Waals surface area contributed by atoms with Crippen molar-refractivity contribution in [2.75, 3.05) is 24.6 Å². The molecule has 10 heteroatoms. The van der Waals surface area contributed by atoms with Gasteiger partial charge in [0.25, 0.3) is 5.91 Å². The third-order valence-corrected chi connectivity index (χ3v) is 6.66. The minimum atomic E-state index is -0.818. The van der Waals surface area contributed by atoms with Gasteiger partial charge in [-0.15, -0.1) is 0 Å². The number of halogens is 3. The Balaban J connectivity index is 1.52. The highest BCUT2D eigenvalue weighted by Crippen LogP contribution is 2.44. The van der Waals surface area contributed by atoms with Crippen LogP contribution in [0.5, 0.6) is 5.75 Å². The summed E-state index contributed by atoms with van der Waals surface area (Å²) in [6, 6.07) is 6.98. The van der Waals surface area contributed by atoms with Crippen molar-refractivity contribution in [2.45, 2.75) is 31.1 Å². The van der Waals surface area contributed by atoms with Crippen LogP contribution in [0.3, 0.4) is 0 Å². The SMILES string of the molecule is O=C1COC(=O)N1c1ccc(F)c(O[C@H]2c3cc(Cl)cc(Cl)c3C[C@@H]2N2CC[C@@H](O)C2)c1. The normalized spacial score (nSPS) is 25.4. The van der Waals surface area contributed by atoms with E-state index in [9.17, 15) is 19.1 Å². The number of rotatable bonds is 4. The zero-order chi connectivity index (χ0) is 22.6. The van der Waals surface area contributed by atoms with E-state index >= 15 is 0 Å². The highest BCUT2D eigenvalue weighted by atomic mass is 35.5. The van der Waals surface area contributed by atoms with E-state index in [1.54, 1.807) is 12.1 Å². The van der Waals surface area contributed by atoms with Crippen molar-refractivity contribution in [1.82, 2.24) is 4.90 Å². The number of cyclic esters (lactones) is 1. The van der Waals surface area contributed by atoms with E-state index in [0.717, 1.165) is 22.1 Å². The molecule has 0 spiro atoms. The Labute approximate surface area is 193 Å². The Morgan fingerprint density at radius 1 is 1.19 bits per heavy atom. The molecule has 2 aromatic carbocycles. The number of nitrogens with zero attached hydrogens (tertiary/aromatic N) is 2. The lowest BCUT2D eigenvalue weighted by molar-refractivity contribution is -0.117. The molecule has 2 aliphatic heterocycles. The number of ether oxygens (including phenoxy) is 2. The molecule has 0 aromatic heterocycles. The minimum absolute atomic E-state index is 0.117. The summed E-state index contributed by atoms with van der Waals surface area (Å²) >= 11 is 12.7. The van der Waals surface area contributed by atoms with Gasteiger partial charge in [0.15, 0.2) is 18.2 Å².